The third-order valence-electron chi connectivity index (χ3n) is 2.34. The quantitative estimate of drug-likeness (QED) is 0.797. The molecule has 3 nitrogen and oxygen atoms in total. The second kappa shape index (κ2) is 3.50. The standard InChI is InChI=1S/C11H14O3/c1-11(6-13-7-11)8-14-10-5-3-2-4-9(10)12/h2-5,12H,6-8H2,1H3. The number of aromatic hydroxyl groups is 1. The molecule has 2 rings (SSSR count). The molecule has 1 N–H and O–H groups in total. The molecule has 0 amide bonds. The Labute approximate surface area is 83.3 Å². The van der Waals surface area contributed by atoms with Crippen molar-refractivity contribution in [3.8, 4) is 11.5 Å². The van der Waals surface area contributed by atoms with E-state index < -0.39 is 0 Å². The van der Waals surface area contributed by atoms with Gasteiger partial charge in [-0.2, -0.15) is 0 Å². The highest BCUT2D eigenvalue weighted by atomic mass is 16.5. The van der Waals surface area contributed by atoms with E-state index in [1.807, 2.05) is 6.07 Å². The molecule has 1 aromatic rings. The predicted molar refractivity (Wildman–Crippen MR) is 52.5 cm³/mol. The van der Waals surface area contributed by atoms with E-state index in [-0.39, 0.29) is 11.2 Å². The minimum absolute atomic E-state index is 0.113. The Kier molecular flexibility index (Phi) is 2.33. The van der Waals surface area contributed by atoms with Gasteiger partial charge in [-0.25, -0.2) is 0 Å². The van der Waals surface area contributed by atoms with Gasteiger partial charge in [0.05, 0.1) is 19.8 Å². The smallest absolute Gasteiger partial charge is 0.160 e. The van der Waals surface area contributed by atoms with Crippen LogP contribution in [0, 0.1) is 5.41 Å². The lowest BCUT2D eigenvalue weighted by Gasteiger charge is -2.37. The number of benzene rings is 1. The average molecular weight is 194 g/mol. The van der Waals surface area contributed by atoms with Crippen molar-refractivity contribution in [3.63, 3.8) is 0 Å². The number of rotatable bonds is 3. The lowest BCUT2D eigenvalue weighted by molar-refractivity contribution is -0.120. The number of hydrogen-bond donors (Lipinski definition) is 1. The van der Waals surface area contributed by atoms with Crippen LogP contribution in [-0.2, 0) is 4.74 Å². The van der Waals surface area contributed by atoms with Crippen LogP contribution in [0.15, 0.2) is 24.3 Å². The van der Waals surface area contributed by atoms with Gasteiger partial charge in [0, 0.05) is 5.41 Å². The first-order valence-corrected chi connectivity index (χ1v) is 4.68. The van der Waals surface area contributed by atoms with E-state index in [0.717, 1.165) is 13.2 Å². The molecule has 0 saturated carbocycles. The first-order chi connectivity index (χ1) is 6.70. The van der Waals surface area contributed by atoms with Gasteiger partial charge in [-0.3, -0.25) is 0 Å². The van der Waals surface area contributed by atoms with E-state index in [1.165, 1.54) is 0 Å². The molecule has 0 bridgehead atoms. The summed E-state index contributed by atoms with van der Waals surface area (Å²) in [5.41, 5.74) is 0.113. The highest BCUT2D eigenvalue weighted by Crippen LogP contribution is 2.30. The van der Waals surface area contributed by atoms with Crippen LogP contribution < -0.4 is 4.74 Å². The Hall–Kier alpha value is -1.22. The number of para-hydroxylation sites is 2. The Balaban J connectivity index is 1.95. The molecule has 0 aliphatic carbocycles. The fourth-order valence-electron chi connectivity index (χ4n) is 1.37. The topological polar surface area (TPSA) is 38.7 Å². The second-order valence-corrected chi connectivity index (χ2v) is 4.06. The Morgan fingerprint density at radius 2 is 2.14 bits per heavy atom. The highest BCUT2D eigenvalue weighted by Gasteiger charge is 2.34. The molecule has 1 aliphatic rings. The molecule has 3 heteroatoms. The van der Waals surface area contributed by atoms with Gasteiger partial charge >= 0.3 is 0 Å². The van der Waals surface area contributed by atoms with Gasteiger partial charge in [0.25, 0.3) is 0 Å². The summed E-state index contributed by atoms with van der Waals surface area (Å²) in [6.45, 7) is 4.17. The van der Waals surface area contributed by atoms with Crippen LogP contribution in [0.2, 0.25) is 0 Å². The maximum atomic E-state index is 9.44. The molecule has 0 atom stereocenters. The van der Waals surface area contributed by atoms with Gasteiger partial charge in [-0.1, -0.05) is 19.1 Å². The van der Waals surface area contributed by atoms with Crippen molar-refractivity contribution in [3.05, 3.63) is 24.3 Å². The number of hydrogen-bond acceptors (Lipinski definition) is 3. The van der Waals surface area contributed by atoms with Gasteiger partial charge in [0.1, 0.15) is 0 Å². The van der Waals surface area contributed by atoms with Crippen LogP contribution >= 0.6 is 0 Å². The summed E-state index contributed by atoms with van der Waals surface area (Å²) < 4.78 is 10.6. The summed E-state index contributed by atoms with van der Waals surface area (Å²) in [6.07, 6.45) is 0. The lowest BCUT2D eigenvalue weighted by atomic mass is 9.90. The SMILES string of the molecule is CC1(COc2ccccc2O)COC1. The maximum Gasteiger partial charge on any atom is 0.160 e. The fraction of sp³-hybridized carbons (Fsp3) is 0.455. The normalized spacial score (nSPS) is 18.6. The van der Waals surface area contributed by atoms with Crippen molar-refractivity contribution in [2.24, 2.45) is 5.41 Å². The van der Waals surface area contributed by atoms with Crippen LogP contribution in [0.25, 0.3) is 0 Å². The monoisotopic (exact) mass is 194 g/mol. The van der Waals surface area contributed by atoms with Gasteiger partial charge in [0.15, 0.2) is 11.5 Å². The second-order valence-electron chi connectivity index (χ2n) is 4.06. The van der Waals surface area contributed by atoms with Crippen molar-refractivity contribution in [2.75, 3.05) is 19.8 Å². The summed E-state index contributed by atoms with van der Waals surface area (Å²) in [4.78, 5) is 0. The summed E-state index contributed by atoms with van der Waals surface area (Å²) >= 11 is 0. The van der Waals surface area contributed by atoms with Crippen molar-refractivity contribution in [1.29, 1.82) is 0 Å². The third kappa shape index (κ3) is 1.82. The lowest BCUT2D eigenvalue weighted by Crippen LogP contribution is -2.44. The Morgan fingerprint density at radius 1 is 1.43 bits per heavy atom. The maximum absolute atomic E-state index is 9.44. The molecule has 1 heterocycles. The Bertz CT molecular complexity index is 318. The first kappa shape index (κ1) is 9.34. The molecular formula is C11H14O3. The zero-order chi connectivity index (χ0) is 10.0. The van der Waals surface area contributed by atoms with Crippen LogP contribution in [0.1, 0.15) is 6.92 Å². The molecule has 0 unspecified atom stereocenters. The number of ether oxygens (including phenoxy) is 2. The summed E-state index contributed by atoms with van der Waals surface area (Å²) in [6, 6.07) is 7.00. The number of phenols is 1. The molecule has 0 aromatic heterocycles. The van der Waals surface area contributed by atoms with Crippen LogP contribution in [-0.4, -0.2) is 24.9 Å². The molecule has 1 aliphatic heterocycles. The van der Waals surface area contributed by atoms with Crippen LogP contribution in [0.3, 0.4) is 0 Å². The minimum atomic E-state index is 0.113. The van der Waals surface area contributed by atoms with E-state index in [4.69, 9.17) is 9.47 Å². The van der Waals surface area contributed by atoms with E-state index in [2.05, 4.69) is 6.92 Å². The van der Waals surface area contributed by atoms with Crippen molar-refractivity contribution < 1.29 is 14.6 Å². The molecular weight excluding hydrogens is 180 g/mol. The van der Waals surface area contributed by atoms with E-state index in [0.29, 0.717) is 12.4 Å². The van der Waals surface area contributed by atoms with Gasteiger partial charge in [0.2, 0.25) is 0 Å². The molecule has 1 aromatic carbocycles. The average Bonchev–Trinajstić information content (AvgIpc) is 2.14. The van der Waals surface area contributed by atoms with E-state index >= 15 is 0 Å². The Morgan fingerprint density at radius 3 is 2.71 bits per heavy atom. The van der Waals surface area contributed by atoms with Crippen LogP contribution in [0.5, 0.6) is 11.5 Å². The zero-order valence-corrected chi connectivity index (χ0v) is 8.19. The number of phenolic OH excluding ortho intramolecular Hbond substituents is 1. The highest BCUT2D eigenvalue weighted by molar-refractivity contribution is 5.37. The van der Waals surface area contributed by atoms with E-state index in [9.17, 15) is 5.11 Å². The zero-order valence-electron chi connectivity index (χ0n) is 8.19. The van der Waals surface area contributed by atoms with E-state index in [1.54, 1.807) is 18.2 Å². The van der Waals surface area contributed by atoms with Crippen molar-refractivity contribution >= 4 is 0 Å². The summed E-state index contributed by atoms with van der Waals surface area (Å²) in [7, 11) is 0. The van der Waals surface area contributed by atoms with Gasteiger partial charge in [-0.15, -0.1) is 0 Å². The predicted octanol–water partition coefficient (Wildman–Crippen LogP) is 1.81. The first-order valence-electron chi connectivity index (χ1n) is 4.68. The van der Waals surface area contributed by atoms with Gasteiger partial charge in [-0.05, 0) is 12.1 Å². The fourth-order valence-corrected chi connectivity index (χ4v) is 1.37. The molecule has 76 valence electrons. The van der Waals surface area contributed by atoms with Crippen LogP contribution in [0.4, 0.5) is 0 Å². The molecule has 1 saturated heterocycles. The third-order valence-corrected chi connectivity index (χ3v) is 2.34. The van der Waals surface area contributed by atoms with Crippen molar-refractivity contribution in [2.45, 2.75) is 6.92 Å². The van der Waals surface area contributed by atoms with Gasteiger partial charge < -0.3 is 14.6 Å². The summed E-state index contributed by atoms with van der Waals surface area (Å²) in [5, 5.41) is 9.44. The molecule has 14 heavy (non-hydrogen) atoms. The van der Waals surface area contributed by atoms with Crippen molar-refractivity contribution in [1.82, 2.24) is 0 Å². The largest absolute Gasteiger partial charge is 0.504 e. The summed E-state index contributed by atoms with van der Waals surface area (Å²) in [5.74, 6) is 0.733. The molecule has 0 radical (unpaired) electrons. The molecule has 0 spiro atoms. The minimum Gasteiger partial charge on any atom is -0.504 e. The molecule has 1 fully saturated rings.